The zero-order chi connectivity index (χ0) is 19.4. The fourth-order valence-corrected chi connectivity index (χ4v) is 2.87. The molecular formula is C19H19F2N3O3. The van der Waals surface area contributed by atoms with Crippen molar-refractivity contribution in [3.05, 3.63) is 54.1 Å². The van der Waals surface area contributed by atoms with Gasteiger partial charge in [-0.2, -0.15) is 0 Å². The Kier molecular flexibility index (Phi) is 5.54. The molecule has 6 nitrogen and oxygen atoms in total. The van der Waals surface area contributed by atoms with Gasteiger partial charge in [0.1, 0.15) is 5.75 Å². The second kappa shape index (κ2) is 8.03. The summed E-state index contributed by atoms with van der Waals surface area (Å²) in [6.07, 6.45) is 0.151. The van der Waals surface area contributed by atoms with Crippen LogP contribution in [0, 0.1) is 11.6 Å². The van der Waals surface area contributed by atoms with E-state index >= 15 is 0 Å². The predicted molar refractivity (Wildman–Crippen MR) is 96.9 cm³/mol. The first kappa shape index (κ1) is 18.6. The van der Waals surface area contributed by atoms with E-state index in [9.17, 15) is 18.4 Å². The standard InChI is InChI=1S/C19H19F2N3O3/c1-2-27-15-6-4-14(5-7-15)24-11-13(10-18(24)25)23-19(26)22-12-3-8-16(20)17(21)9-12/h3-9,13H,2,10-11H2,1H3,(H2,22,23,26). The van der Waals surface area contributed by atoms with Crippen molar-refractivity contribution in [2.45, 2.75) is 19.4 Å². The van der Waals surface area contributed by atoms with Crippen LogP contribution in [0.1, 0.15) is 13.3 Å². The molecule has 1 saturated heterocycles. The fourth-order valence-electron chi connectivity index (χ4n) is 2.87. The van der Waals surface area contributed by atoms with Crippen LogP contribution in [0.15, 0.2) is 42.5 Å². The lowest BCUT2D eigenvalue weighted by atomic mass is 10.2. The van der Waals surface area contributed by atoms with Crippen LogP contribution in [0.2, 0.25) is 0 Å². The average Bonchev–Trinajstić information content (AvgIpc) is 2.99. The van der Waals surface area contributed by atoms with Gasteiger partial charge in [0.15, 0.2) is 11.6 Å². The molecule has 1 heterocycles. The molecule has 3 rings (SSSR count). The Morgan fingerprint density at radius 3 is 2.59 bits per heavy atom. The lowest BCUT2D eigenvalue weighted by Crippen LogP contribution is -2.39. The van der Waals surface area contributed by atoms with Crippen LogP contribution >= 0.6 is 0 Å². The van der Waals surface area contributed by atoms with Crippen molar-refractivity contribution in [2.75, 3.05) is 23.4 Å². The van der Waals surface area contributed by atoms with E-state index in [2.05, 4.69) is 10.6 Å². The second-order valence-corrected chi connectivity index (χ2v) is 6.06. The summed E-state index contributed by atoms with van der Waals surface area (Å²) >= 11 is 0. The number of carbonyl (C=O) groups is 2. The molecular weight excluding hydrogens is 356 g/mol. The molecule has 2 aromatic rings. The maximum absolute atomic E-state index is 13.2. The van der Waals surface area contributed by atoms with Gasteiger partial charge >= 0.3 is 6.03 Å². The Morgan fingerprint density at radius 1 is 1.19 bits per heavy atom. The molecule has 3 amide bonds. The molecule has 0 spiro atoms. The second-order valence-electron chi connectivity index (χ2n) is 6.06. The Hall–Kier alpha value is -3.16. The SMILES string of the molecule is CCOc1ccc(N2CC(NC(=O)Nc3ccc(F)c(F)c3)CC2=O)cc1. The summed E-state index contributed by atoms with van der Waals surface area (Å²) in [6.45, 7) is 2.76. The first-order valence-corrected chi connectivity index (χ1v) is 8.52. The zero-order valence-corrected chi connectivity index (χ0v) is 14.7. The molecule has 1 fully saturated rings. The summed E-state index contributed by atoms with van der Waals surface area (Å²) in [7, 11) is 0. The molecule has 142 valence electrons. The topological polar surface area (TPSA) is 70.7 Å². The summed E-state index contributed by atoms with van der Waals surface area (Å²) in [6, 6.07) is 9.22. The van der Waals surface area contributed by atoms with E-state index in [1.807, 2.05) is 6.92 Å². The third-order valence-electron chi connectivity index (χ3n) is 4.10. The number of amides is 3. The van der Waals surface area contributed by atoms with Gasteiger partial charge in [-0.15, -0.1) is 0 Å². The molecule has 1 aliphatic rings. The highest BCUT2D eigenvalue weighted by Crippen LogP contribution is 2.24. The summed E-state index contributed by atoms with van der Waals surface area (Å²) in [4.78, 5) is 25.9. The summed E-state index contributed by atoms with van der Waals surface area (Å²) in [5, 5.41) is 5.09. The Bertz CT molecular complexity index is 843. The van der Waals surface area contributed by atoms with E-state index < -0.39 is 23.7 Å². The normalized spacial score (nSPS) is 16.3. The van der Waals surface area contributed by atoms with Crippen molar-refractivity contribution in [2.24, 2.45) is 0 Å². The number of hydrogen-bond acceptors (Lipinski definition) is 3. The van der Waals surface area contributed by atoms with Gasteiger partial charge in [-0.1, -0.05) is 0 Å². The number of urea groups is 1. The van der Waals surface area contributed by atoms with Gasteiger partial charge in [0.25, 0.3) is 0 Å². The van der Waals surface area contributed by atoms with Crippen LogP contribution in [0.3, 0.4) is 0 Å². The molecule has 0 radical (unpaired) electrons. The summed E-state index contributed by atoms with van der Waals surface area (Å²) in [5.74, 6) is -1.44. The number of nitrogens with one attached hydrogen (secondary N) is 2. The minimum atomic E-state index is -1.05. The molecule has 0 aliphatic carbocycles. The smallest absolute Gasteiger partial charge is 0.319 e. The highest BCUT2D eigenvalue weighted by Gasteiger charge is 2.31. The number of rotatable bonds is 5. The van der Waals surface area contributed by atoms with Crippen LogP contribution in [0.25, 0.3) is 0 Å². The van der Waals surface area contributed by atoms with Crippen LogP contribution in [0.4, 0.5) is 25.0 Å². The number of hydrogen-bond donors (Lipinski definition) is 2. The van der Waals surface area contributed by atoms with Gasteiger partial charge in [0.05, 0.1) is 12.6 Å². The molecule has 1 unspecified atom stereocenters. The minimum absolute atomic E-state index is 0.114. The van der Waals surface area contributed by atoms with Gasteiger partial charge in [0.2, 0.25) is 5.91 Å². The van der Waals surface area contributed by atoms with Crippen LogP contribution in [0.5, 0.6) is 5.75 Å². The maximum atomic E-state index is 13.2. The van der Waals surface area contributed by atoms with Crippen molar-refractivity contribution in [3.8, 4) is 5.75 Å². The minimum Gasteiger partial charge on any atom is -0.494 e. The quantitative estimate of drug-likeness (QED) is 0.843. The van der Waals surface area contributed by atoms with Crippen molar-refractivity contribution in [1.82, 2.24) is 5.32 Å². The monoisotopic (exact) mass is 375 g/mol. The Labute approximate surface area is 155 Å². The molecule has 0 saturated carbocycles. The Morgan fingerprint density at radius 2 is 1.93 bits per heavy atom. The predicted octanol–water partition coefficient (Wildman–Crippen LogP) is 3.29. The highest BCUT2D eigenvalue weighted by molar-refractivity contribution is 5.97. The van der Waals surface area contributed by atoms with Crippen molar-refractivity contribution in [3.63, 3.8) is 0 Å². The number of ether oxygens (including phenoxy) is 1. The third-order valence-corrected chi connectivity index (χ3v) is 4.10. The average molecular weight is 375 g/mol. The molecule has 0 aromatic heterocycles. The van der Waals surface area contributed by atoms with E-state index in [1.54, 1.807) is 29.2 Å². The molecule has 1 aliphatic heterocycles. The first-order chi connectivity index (χ1) is 13.0. The largest absolute Gasteiger partial charge is 0.494 e. The van der Waals surface area contributed by atoms with E-state index in [0.717, 1.165) is 12.1 Å². The van der Waals surface area contributed by atoms with Crippen molar-refractivity contribution >= 4 is 23.3 Å². The summed E-state index contributed by atoms with van der Waals surface area (Å²) < 4.78 is 31.5. The van der Waals surface area contributed by atoms with Gasteiger partial charge in [-0.25, -0.2) is 13.6 Å². The van der Waals surface area contributed by atoms with Gasteiger partial charge < -0.3 is 20.3 Å². The molecule has 0 bridgehead atoms. The van der Waals surface area contributed by atoms with Crippen LogP contribution in [-0.2, 0) is 4.79 Å². The third kappa shape index (κ3) is 4.52. The maximum Gasteiger partial charge on any atom is 0.319 e. The van der Waals surface area contributed by atoms with Crippen LogP contribution in [-0.4, -0.2) is 31.1 Å². The number of nitrogens with zero attached hydrogens (tertiary/aromatic N) is 1. The van der Waals surface area contributed by atoms with E-state index in [1.165, 1.54) is 6.07 Å². The Balaban J connectivity index is 1.58. The first-order valence-electron chi connectivity index (χ1n) is 8.52. The van der Waals surface area contributed by atoms with Crippen molar-refractivity contribution < 1.29 is 23.1 Å². The zero-order valence-electron chi connectivity index (χ0n) is 14.7. The number of benzene rings is 2. The number of anilines is 2. The van der Waals surface area contributed by atoms with Gasteiger partial charge in [0, 0.05) is 30.4 Å². The number of halogens is 2. The lowest BCUT2D eigenvalue weighted by molar-refractivity contribution is -0.117. The molecule has 2 N–H and O–H groups in total. The number of carbonyl (C=O) groups excluding carboxylic acids is 2. The van der Waals surface area contributed by atoms with Gasteiger partial charge in [-0.3, -0.25) is 4.79 Å². The molecule has 27 heavy (non-hydrogen) atoms. The molecule has 8 heteroatoms. The van der Waals surface area contributed by atoms with E-state index in [0.29, 0.717) is 24.6 Å². The fraction of sp³-hybridized carbons (Fsp3) is 0.263. The van der Waals surface area contributed by atoms with E-state index in [-0.39, 0.29) is 18.0 Å². The van der Waals surface area contributed by atoms with Crippen LogP contribution < -0.4 is 20.3 Å². The highest BCUT2D eigenvalue weighted by atomic mass is 19.2. The molecule has 1 atom stereocenters. The lowest BCUT2D eigenvalue weighted by Gasteiger charge is -2.18. The van der Waals surface area contributed by atoms with Gasteiger partial charge in [-0.05, 0) is 43.3 Å². The summed E-state index contributed by atoms with van der Waals surface area (Å²) in [5.41, 5.74) is 0.841. The van der Waals surface area contributed by atoms with E-state index in [4.69, 9.17) is 4.74 Å². The van der Waals surface area contributed by atoms with Crippen molar-refractivity contribution in [1.29, 1.82) is 0 Å². The molecule has 2 aromatic carbocycles.